The number of oxime groups is 1. The lowest BCUT2D eigenvalue weighted by Gasteiger charge is -2.36. The average Bonchev–Trinajstić information content (AvgIpc) is 4.06. The number of fused-ring (bicyclic) bond motifs is 6. The number of carbonyl (C=O) groups excluding carboxylic acids is 4. The van der Waals surface area contributed by atoms with Gasteiger partial charge in [0.2, 0.25) is 21.8 Å². The predicted octanol–water partition coefficient (Wildman–Crippen LogP) is 4.25. The number of alkyl carbamates (subject to hydrolysis) is 1. The third-order valence-corrected chi connectivity index (χ3v) is 13.8. The third kappa shape index (κ3) is 6.70. The fraction of sp³-hybridized carbons (Fsp3) is 0.405. The summed E-state index contributed by atoms with van der Waals surface area (Å²) in [6.07, 6.45) is 3.84. The molecule has 4 fully saturated rings. The average molecular weight is 794 g/mol. The number of carbonyl (C=O) groups is 4. The first-order chi connectivity index (χ1) is 27.6. The highest BCUT2D eigenvalue weighted by Gasteiger charge is 2.63. The van der Waals surface area contributed by atoms with Gasteiger partial charge in [-0.25, -0.2) is 13.2 Å². The van der Waals surface area contributed by atoms with E-state index in [1.807, 2.05) is 48.5 Å². The highest BCUT2D eigenvalue weighted by Crippen LogP contribution is 2.48. The Hall–Kier alpha value is -5.70. The van der Waals surface area contributed by atoms with Crippen molar-refractivity contribution in [3.63, 3.8) is 0 Å². The van der Waals surface area contributed by atoms with Crippen molar-refractivity contribution >= 4 is 39.5 Å². The molecule has 9 rings (SSSR count). The summed E-state index contributed by atoms with van der Waals surface area (Å²) in [5, 5.41) is 9.60. The Morgan fingerprint density at radius 3 is 2.21 bits per heavy atom. The van der Waals surface area contributed by atoms with E-state index >= 15 is 0 Å². The maximum Gasteiger partial charge on any atom is 0.408 e. The van der Waals surface area contributed by atoms with Gasteiger partial charge in [-0.2, -0.15) is 0 Å². The van der Waals surface area contributed by atoms with E-state index in [4.69, 9.17) is 19.5 Å². The Bertz CT molecular complexity index is 2260. The third-order valence-electron chi connectivity index (χ3n) is 12.0. The van der Waals surface area contributed by atoms with E-state index in [-0.39, 0.29) is 25.6 Å². The zero-order valence-corrected chi connectivity index (χ0v) is 31.9. The SMILES string of the molecule is C=C[C@@H]1CC1(NC(=O)[C@@H]1C[C@@H](ON=C2c3ccccc3-c3ccccc32)C2c3ccccc3OCC(NC(=O)OC3CCCC3)C(=O)N21)C(=O)NS(=O)(=O)C1CC1. The van der Waals surface area contributed by atoms with Gasteiger partial charge in [-0.05, 0) is 62.1 Å². The summed E-state index contributed by atoms with van der Waals surface area (Å²) in [6.45, 7) is 3.56. The maximum absolute atomic E-state index is 14.8. The van der Waals surface area contributed by atoms with E-state index < -0.39 is 74.8 Å². The Labute approximate surface area is 330 Å². The van der Waals surface area contributed by atoms with Gasteiger partial charge in [0.25, 0.3) is 5.91 Å². The Balaban J connectivity index is 1.08. The van der Waals surface area contributed by atoms with Crippen LogP contribution >= 0.6 is 0 Å². The van der Waals surface area contributed by atoms with E-state index in [9.17, 15) is 27.6 Å². The number of nitrogens with zero attached hydrogens (tertiary/aromatic N) is 2. The largest absolute Gasteiger partial charge is 0.491 e. The number of hydrogen-bond acceptors (Lipinski definition) is 10. The van der Waals surface area contributed by atoms with Crippen LogP contribution in [0.25, 0.3) is 11.1 Å². The van der Waals surface area contributed by atoms with Crippen LogP contribution in [0.15, 0.2) is 90.6 Å². The highest BCUT2D eigenvalue weighted by atomic mass is 32.2. The highest BCUT2D eigenvalue weighted by molar-refractivity contribution is 7.91. The number of amides is 4. The minimum Gasteiger partial charge on any atom is -0.491 e. The van der Waals surface area contributed by atoms with E-state index in [0.717, 1.165) is 47.9 Å². The number of benzene rings is 3. The molecule has 2 aliphatic heterocycles. The number of sulfonamides is 1. The molecule has 296 valence electrons. The molecular weight excluding hydrogens is 751 g/mol. The first-order valence-electron chi connectivity index (χ1n) is 19.5. The summed E-state index contributed by atoms with van der Waals surface area (Å²) in [6, 6.07) is 19.3. The summed E-state index contributed by atoms with van der Waals surface area (Å²) < 4.78 is 39.7. The topological polar surface area (TPSA) is 182 Å². The molecule has 14 nitrogen and oxygen atoms in total. The molecular formula is C42H43N5O9S. The first kappa shape index (κ1) is 36.9. The van der Waals surface area contributed by atoms with Crippen molar-refractivity contribution in [1.82, 2.24) is 20.3 Å². The van der Waals surface area contributed by atoms with Gasteiger partial charge < -0.3 is 29.8 Å². The molecule has 3 unspecified atom stereocenters. The monoisotopic (exact) mass is 793 g/mol. The predicted molar refractivity (Wildman–Crippen MR) is 207 cm³/mol. The minimum atomic E-state index is -3.93. The second-order valence-electron chi connectivity index (χ2n) is 15.7. The molecule has 0 bridgehead atoms. The molecule has 1 saturated heterocycles. The second kappa shape index (κ2) is 14.4. The van der Waals surface area contributed by atoms with Gasteiger partial charge in [0.05, 0.1) is 5.25 Å². The van der Waals surface area contributed by atoms with Gasteiger partial charge in [0.15, 0.2) is 6.10 Å². The van der Waals surface area contributed by atoms with Crippen molar-refractivity contribution < 1.29 is 41.9 Å². The maximum atomic E-state index is 14.8. The van der Waals surface area contributed by atoms with E-state index in [0.29, 0.717) is 29.9 Å². The van der Waals surface area contributed by atoms with Gasteiger partial charge >= 0.3 is 6.09 Å². The molecule has 3 N–H and O–H groups in total. The molecule has 15 heteroatoms. The van der Waals surface area contributed by atoms with Crippen LogP contribution in [0.3, 0.4) is 0 Å². The van der Waals surface area contributed by atoms with Gasteiger partial charge in [-0.15, -0.1) is 6.58 Å². The second-order valence-corrected chi connectivity index (χ2v) is 17.6. The normalized spacial score (nSPS) is 27.3. The number of nitrogens with one attached hydrogen (secondary N) is 3. The fourth-order valence-corrected chi connectivity index (χ4v) is 10.1. The molecule has 3 aromatic carbocycles. The standard InChI is InChI=1S/C42H43N5O9S/c1-2-24-22-42(24,40(50)46-57(52,53)26-19-20-26)44-38(48)33-21-35(56-45-36-29-15-7-5-13-27(29)28-14-6-8-16-30(28)36)37-31-17-9-10-18-34(31)54-23-32(39(49)47(33)37)43-41(51)55-25-11-3-4-12-25/h2,5-10,13-18,24-26,32-33,35,37H,1,3-4,11-12,19-23H2,(H,43,51)(H,44,48)(H,46,50)/t24-,32?,33+,35-,37?,42?/m1/s1. The zero-order valence-electron chi connectivity index (χ0n) is 31.1. The number of hydrogen-bond donors (Lipinski definition) is 3. The van der Waals surface area contributed by atoms with Gasteiger partial charge in [-0.3, -0.25) is 19.1 Å². The summed E-state index contributed by atoms with van der Waals surface area (Å²) in [5.41, 5.74) is 3.27. The van der Waals surface area contributed by atoms with E-state index in [1.165, 1.54) is 11.0 Å². The van der Waals surface area contributed by atoms with Crippen molar-refractivity contribution in [2.45, 2.75) is 92.5 Å². The van der Waals surface area contributed by atoms with Crippen LogP contribution in [0, 0.1) is 5.92 Å². The Morgan fingerprint density at radius 2 is 1.56 bits per heavy atom. The summed E-state index contributed by atoms with van der Waals surface area (Å²) in [5.74, 6) is -2.31. The van der Waals surface area contributed by atoms with Crippen molar-refractivity contribution in [1.29, 1.82) is 0 Å². The van der Waals surface area contributed by atoms with Crippen LogP contribution in [0.5, 0.6) is 5.75 Å². The fourth-order valence-electron chi connectivity index (χ4n) is 8.76. The number of ether oxygens (including phenoxy) is 2. The molecule has 6 aliphatic rings. The van der Waals surface area contributed by atoms with Crippen LogP contribution in [-0.2, 0) is 34.0 Å². The molecule has 57 heavy (non-hydrogen) atoms. The minimum absolute atomic E-state index is 0.0628. The molecule has 6 atom stereocenters. The van der Waals surface area contributed by atoms with Crippen molar-refractivity contribution in [2.75, 3.05) is 6.61 Å². The van der Waals surface area contributed by atoms with E-state index in [1.54, 1.807) is 24.3 Å². The first-order valence-corrected chi connectivity index (χ1v) is 21.1. The van der Waals surface area contributed by atoms with Gasteiger partial charge in [0.1, 0.15) is 47.8 Å². The molecule has 4 aliphatic carbocycles. The van der Waals surface area contributed by atoms with Crippen molar-refractivity contribution in [3.8, 4) is 16.9 Å². The van der Waals surface area contributed by atoms with Gasteiger partial charge in [-0.1, -0.05) is 78.0 Å². The Kier molecular flexibility index (Phi) is 9.29. The smallest absolute Gasteiger partial charge is 0.408 e. The zero-order chi connectivity index (χ0) is 39.5. The summed E-state index contributed by atoms with van der Waals surface area (Å²) >= 11 is 0. The Morgan fingerprint density at radius 1 is 0.912 bits per heavy atom. The van der Waals surface area contributed by atoms with Crippen molar-refractivity contribution in [2.24, 2.45) is 11.1 Å². The van der Waals surface area contributed by atoms with Crippen LogP contribution in [-0.4, -0.2) is 84.5 Å². The van der Waals surface area contributed by atoms with Gasteiger partial charge in [0, 0.05) is 29.0 Å². The van der Waals surface area contributed by atoms with Crippen LogP contribution in [0.2, 0.25) is 0 Å². The molecule has 0 aromatic heterocycles. The lowest BCUT2D eigenvalue weighted by Crippen LogP contribution is -2.59. The molecule has 0 spiro atoms. The number of rotatable bonds is 10. The molecule has 0 radical (unpaired) electrons. The summed E-state index contributed by atoms with van der Waals surface area (Å²) in [4.78, 5) is 64.3. The van der Waals surface area contributed by atoms with E-state index in [2.05, 4.69) is 21.9 Å². The quantitative estimate of drug-likeness (QED) is 0.156. The molecule has 3 aromatic rings. The lowest BCUT2D eigenvalue weighted by molar-refractivity contribution is -0.144. The lowest BCUT2D eigenvalue weighted by atomic mass is 9.99. The van der Waals surface area contributed by atoms with Crippen LogP contribution in [0.4, 0.5) is 4.79 Å². The molecule has 3 saturated carbocycles. The molecule has 2 heterocycles. The number of para-hydroxylation sites is 1. The molecule has 4 amide bonds. The van der Waals surface area contributed by atoms with Crippen LogP contribution in [0.1, 0.15) is 74.1 Å². The summed E-state index contributed by atoms with van der Waals surface area (Å²) in [7, 11) is -3.93. The van der Waals surface area contributed by atoms with Crippen molar-refractivity contribution in [3.05, 3.63) is 102 Å². The van der Waals surface area contributed by atoms with Crippen LogP contribution < -0.4 is 20.1 Å².